The molecular weight excluding hydrogens is 431 g/mol. The third-order valence-corrected chi connectivity index (χ3v) is 7.12. The van der Waals surface area contributed by atoms with Crippen LogP contribution in [-0.2, 0) is 9.47 Å². The molecule has 4 rings (SSSR count). The van der Waals surface area contributed by atoms with E-state index in [1.807, 2.05) is 37.8 Å². The Bertz CT molecular complexity index is 1050. The minimum absolute atomic E-state index is 0.0473. The van der Waals surface area contributed by atoms with Crippen molar-refractivity contribution in [2.75, 3.05) is 19.7 Å². The third kappa shape index (κ3) is 5.16. The summed E-state index contributed by atoms with van der Waals surface area (Å²) >= 11 is 0. The van der Waals surface area contributed by atoms with Gasteiger partial charge in [0.1, 0.15) is 5.82 Å². The Labute approximate surface area is 201 Å². The molecule has 5 nitrogen and oxygen atoms in total. The van der Waals surface area contributed by atoms with Gasteiger partial charge in [-0.25, -0.2) is 4.39 Å². The first-order chi connectivity index (χ1) is 16.3. The Kier molecular flexibility index (Phi) is 7.35. The second kappa shape index (κ2) is 10.2. The smallest absolute Gasteiger partial charge is 0.253 e. The summed E-state index contributed by atoms with van der Waals surface area (Å²) in [5.41, 5.74) is 2.66. The van der Waals surface area contributed by atoms with Crippen molar-refractivity contribution < 1.29 is 18.7 Å². The molecule has 2 aliphatic rings. The first kappa shape index (κ1) is 24.4. The average molecular weight is 465 g/mol. The Morgan fingerprint density at radius 3 is 2.56 bits per heavy atom. The predicted molar refractivity (Wildman–Crippen MR) is 128 cm³/mol. The zero-order valence-electron chi connectivity index (χ0n) is 20.2. The van der Waals surface area contributed by atoms with E-state index in [1.54, 1.807) is 18.2 Å². The van der Waals surface area contributed by atoms with Gasteiger partial charge in [0, 0.05) is 38.1 Å². The third-order valence-electron chi connectivity index (χ3n) is 7.12. The normalized spacial score (nSPS) is 22.1. The molecule has 0 bridgehead atoms. The van der Waals surface area contributed by atoms with E-state index in [9.17, 15) is 14.4 Å². The van der Waals surface area contributed by atoms with Crippen LogP contribution < -0.4 is 0 Å². The average Bonchev–Trinajstić information content (AvgIpc) is 2.84. The molecule has 0 aromatic heterocycles. The molecule has 34 heavy (non-hydrogen) atoms. The van der Waals surface area contributed by atoms with E-state index < -0.39 is 0 Å². The fourth-order valence-electron chi connectivity index (χ4n) is 5.29. The van der Waals surface area contributed by atoms with Gasteiger partial charge >= 0.3 is 0 Å². The monoisotopic (exact) mass is 464 g/mol. The number of halogens is 1. The van der Waals surface area contributed by atoms with Crippen molar-refractivity contribution in [1.82, 2.24) is 4.90 Å². The number of hydrogen-bond acceptors (Lipinski definition) is 4. The summed E-state index contributed by atoms with van der Waals surface area (Å²) in [6.07, 6.45) is 2.88. The van der Waals surface area contributed by atoms with Crippen LogP contribution in [0.4, 0.5) is 4.39 Å². The zero-order valence-corrected chi connectivity index (χ0v) is 20.2. The van der Waals surface area contributed by atoms with Gasteiger partial charge in [-0.05, 0) is 61.1 Å². The summed E-state index contributed by atoms with van der Waals surface area (Å²) < 4.78 is 26.1. The van der Waals surface area contributed by atoms with Crippen LogP contribution in [0.5, 0.6) is 0 Å². The standard InChI is InChI=1S/C28H33FN2O3/c1-4-33-24-16-26(20-5-8-23(29)9-6-20)34-28(17-24)11-13-31(14-12-28)27(32)21-7-10-25(19(2)3)22(15-21)18-30/h5-10,15,19,24,26H,4,11-14,16-17H2,1-3H3. The van der Waals surface area contributed by atoms with Crippen molar-refractivity contribution >= 4 is 5.91 Å². The molecule has 2 atom stereocenters. The van der Waals surface area contributed by atoms with Crippen LogP contribution in [0.1, 0.15) is 85.5 Å². The SMILES string of the molecule is CCOC1CC(c2ccc(F)cc2)OC2(CCN(C(=O)c3ccc(C(C)C)c(C#N)c3)CC2)C1. The minimum Gasteiger partial charge on any atom is -0.378 e. The molecule has 2 aliphatic heterocycles. The van der Waals surface area contributed by atoms with Crippen molar-refractivity contribution in [2.45, 2.75) is 70.2 Å². The Hall–Kier alpha value is -2.75. The fraction of sp³-hybridized carbons (Fsp3) is 0.500. The van der Waals surface area contributed by atoms with Crippen molar-refractivity contribution in [3.63, 3.8) is 0 Å². The number of ether oxygens (including phenoxy) is 2. The lowest BCUT2D eigenvalue weighted by molar-refractivity contribution is -0.190. The molecule has 2 unspecified atom stereocenters. The molecule has 0 aliphatic carbocycles. The van der Waals surface area contributed by atoms with Crippen LogP contribution in [-0.4, -0.2) is 42.2 Å². The highest BCUT2D eigenvalue weighted by Gasteiger charge is 2.45. The lowest BCUT2D eigenvalue weighted by Crippen LogP contribution is -2.52. The first-order valence-electron chi connectivity index (χ1n) is 12.2. The lowest BCUT2D eigenvalue weighted by Gasteiger charge is -2.48. The summed E-state index contributed by atoms with van der Waals surface area (Å²) in [6, 6.07) is 14.2. The molecule has 6 heteroatoms. The van der Waals surface area contributed by atoms with Crippen LogP contribution in [0.15, 0.2) is 42.5 Å². The van der Waals surface area contributed by atoms with Crippen LogP contribution in [0.2, 0.25) is 0 Å². The van der Waals surface area contributed by atoms with Gasteiger partial charge in [0.2, 0.25) is 0 Å². The van der Waals surface area contributed by atoms with E-state index in [2.05, 4.69) is 6.07 Å². The molecule has 180 valence electrons. The number of carbonyl (C=O) groups is 1. The maximum Gasteiger partial charge on any atom is 0.253 e. The number of nitriles is 1. The van der Waals surface area contributed by atoms with Gasteiger partial charge in [-0.2, -0.15) is 5.26 Å². The predicted octanol–water partition coefficient (Wildman–Crippen LogP) is 5.75. The van der Waals surface area contributed by atoms with Gasteiger partial charge in [0.25, 0.3) is 5.91 Å². The summed E-state index contributed by atoms with van der Waals surface area (Å²) in [5.74, 6) is -0.0817. The summed E-state index contributed by atoms with van der Waals surface area (Å²) in [6.45, 7) is 7.88. The van der Waals surface area contributed by atoms with E-state index in [4.69, 9.17) is 9.47 Å². The van der Waals surface area contributed by atoms with Crippen molar-refractivity contribution in [2.24, 2.45) is 0 Å². The molecule has 2 aromatic rings. The molecule has 1 spiro atoms. The molecule has 2 heterocycles. The molecule has 0 saturated carbocycles. The zero-order chi connectivity index (χ0) is 24.3. The maximum atomic E-state index is 13.4. The maximum absolute atomic E-state index is 13.4. The molecular formula is C28H33FN2O3. The molecule has 2 aromatic carbocycles. The van der Waals surface area contributed by atoms with Gasteiger partial charge in [-0.3, -0.25) is 4.79 Å². The second-order valence-corrected chi connectivity index (χ2v) is 9.72. The van der Waals surface area contributed by atoms with Gasteiger partial charge in [0.05, 0.1) is 29.4 Å². The highest BCUT2D eigenvalue weighted by molar-refractivity contribution is 5.94. The van der Waals surface area contributed by atoms with Crippen molar-refractivity contribution in [3.05, 3.63) is 70.5 Å². The number of hydrogen-bond donors (Lipinski definition) is 0. The van der Waals surface area contributed by atoms with Crippen LogP contribution in [0, 0.1) is 17.1 Å². The van der Waals surface area contributed by atoms with E-state index in [-0.39, 0.29) is 35.5 Å². The number of rotatable bonds is 5. The van der Waals surface area contributed by atoms with Crippen molar-refractivity contribution in [1.29, 1.82) is 5.26 Å². The number of nitrogens with zero attached hydrogens (tertiary/aromatic N) is 2. The van der Waals surface area contributed by atoms with Crippen molar-refractivity contribution in [3.8, 4) is 6.07 Å². The molecule has 2 saturated heterocycles. The van der Waals surface area contributed by atoms with Gasteiger partial charge in [-0.1, -0.05) is 32.0 Å². The summed E-state index contributed by atoms with van der Waals surface area (Å²) in [7, 11) is 0. The van der Waals surface area contributed by atoms with Gasteiger partial charge < -0.3 is 14.4 Å². The van der Waals surface area contributed by atoms with E-state index in [0.29, 0.717) is 30.8 Å². The highest BCUT2D eigenvalue weighted by Crippen LogP contribution is 2.44. The first-order valence-corrected chi connectivity index (χ1v) is 12.2. The van der Waals surface area contributed by atoms with E-state index in [0.717, 1.165) is 36.8 Å². The Morgan fingerprint density at radius 2 is 1.94 bits per heavy atom. The van der Waals surface area contributed by atoms with Crippen LogP contribution >= 0.6 is 0 Å². The summed E-state index contributed by atoms with van der Waals surface area (Å²) in [4.78, 5) is 15.1. The largest absolute Gasteiger partial charge is 0.378 e. The molecule has 2 fully saturated rings. The lowest BCUT2D eigenvalue weighted by atomic mass is 9.80. The van der Waals surface area contributed by atoms with Gasteiger partial charge in [0.15, 0.2) is 0 Å². The van der Waals surface area contributed by atoms with E-state index in [1.165, 1.54) is 12.1 Å². The van der Waals surface area contributed by atoms with Crippen LogP contribution in [0.25, 0.3) is 0 Å². The number of benzene rings is 2. The molecule has 0 radical (unpaired) electrons. The Balaban J connectivity index is 1.48. The molecule has 1 amide bonds. The summed E-state index contributed by atoms with van der Waals surface area (Å²) in [5, 5.41) is 9.53. The van der Waals surface area contributed by atoms with Crippen LogP contribution in [0.3, 0.4) is 0 Å². The number of likely N-dealkylation sites (tertiary alicyclic amines) is 1. The van der Waals surface area contributed by atoms with Gasteiger partial charge in [-0.15, -0.1) is 0 Å². The van der Waals surface area contributed by atoms with E-state index >= 15 is 0 Å². The highest BCUT2D eigenvalue weighted by atomic mass is 19.1. The fourth-order valence-corrected chi connectivity index (χ4v) is 5.29. The quantitative estimate of drug-likeness (QED) is 0.565. The Morgan fingerprint density at radius 1 is 1.24 bits per heavy atom. The number of carbonyl (C=O) groups excluding carboxylic acids is 1. The second-order valence-electron chi connectivity index (χ2n) is 9.72. The number of amides is 1. The topological polar surface area (TPSA) is 62.6 Å². The number of piperidine rings is 1. The minimum atomic E-state index is -0.368. The molecule has 0 N–H and O–H groups in total.